The number of benzene rings is 1. The Kier molecular flexibility index (Phi) is 4.80. The minimum atomic E-state index is -1.12. The lowest BCUT2D eigenvalue weighted by molar-refractivity contribution is 1.03. The average Bonchev–Trinajstić information content (AvgIpc) is 2.18. The highest BCUT2D eigenvalue weighted by Crippen LogP contribution is 2.15. The molecule has 0 unspecified atom stereocenters. The van der Waals surface area contributed by atoms with E-state index in [1.807, 2.05) is 0 Å². The molecule has 0 aliphatic rings. The first-order valence-electron chi connectivity index (χ1n) is 6.08. The van der Waals surface area contributed by atoms with Crippen LogP contribution in [0.25, 0.3) is 0 Å². The van der Waals surface area contributed by atoms with Crippen molar-refractivity contribution in [2.24, 2.45) is 0 Å². The van der Waals surface area contributed by atoms with E-state index in [2.05, 4.69) is 56.5 Å². The van der Waals surface area contributed by atoms with Gasteiger partial charge in [-0.1, -0.05) is 80.2 Å². The third-order valence-electron chi connectivity index (χ3n) is 3.14. The molecule has 0 fully saturated rings. The molecular formula is C13H24Si2. The largest absolute Gasteiger partial charge is 0.0806 e. The van der Waals surface area contributed by atoms with Gasteiger partial charge in [-0.2, -0.15) is 0 Å². The lowest BCUT2D eigenvalue weighted by atomic mass is 10.4. The van der Waals surface area contributed by atoms with Crippen molar-refractivity contribution < 1.29 is 0 Å². The van der Waals surface area contributed by atoms with Gasteiger partial charge in [-0.15, -0.1) is 0 Å². The Labute approximate surface area is 97.3 Å². The van der Waals surface area contributed by atoms with Crippen LogP contribution in [0.3, 0.4) is 0 Å². The molecule has 0 nitrogen and oxygen atoms in total. The van der Waals surface area contributed by atoms with E-state index in [1.165, 1.54) is 18.5 Å². The van der Waals surface area contributed by atoms with Gasteiger partial charge in [0.15, 0.2) is 0 Å². The van der Waals surface area contributed by atoms with Crippen LogP contribution < -0.4 is 5.19 Å². The summed E-state index contributed by atoms with van der Waals surface area (Å²) in [6.45, 7) is 9.92. The van der Waals surface area contributed by atoms with Gasteiger partial charge in [-0.3, -0.25) is 0 Å². The summed E-state index contributed by atoms with van der Waals surface area (Å²) in [7, 11) is -1.46. The van der Waals surface area contributed by atoms with Crippen LogP contribution in [-0.2, 0) is 0 Å². The summed E-state index contributed by atoms with van der Waals surface area (Å²) in [6.07, 6.45) is 1.46. The van der Waals surface area contributed by atoms with Crippen molar-refractivity contribution in [2.75, 3.05) is 0 Å². The summed E-state index contributed by atoms with van der Waals surface area (Å²) in [6, 6.07) is 14.1. The molecule has 0 N–H and O–H groups in total. The van der Waals surface area contributed by atoms with E-state index in [1.54, 1.807) is 5.19 Å². The Bertz CT molecular complexity index is 278. The molecule has 15 heavy (non-hydrogen) atoms. The van der Waals surface area contributed by atoms with Crippen molar-refractivity contribution in [3.8, 4) is 0 Å². The number of rotatable bonds is 5. The second kappa shape index (κ2) is 5.66. The second-order valence-electron chi connectivity index (χ2n) is 5.54. The van der Waals surface area contributed by atoms with Crippen LogP contribution in [0.2, 0.25) is 38.3 Å². The first-order valence-corrected chi connectivity index (χ1v) is 12.4. The van der Waals surface area contributed by atoms with Crippen LogP contribution in [0.4, 0.5) is 0 Å². The van der Waals surface area contributed by atoms with Crippen LogP contribution in [0.5, 0.6) is 0 Å². The van der Waals surface area contributed by atoms with Crippen molar-refractivity contribution in [1.29, 1.82) is 0 Å². The van der Waals surface area contributed by atoms with E-state index < -0.39 is 8.07 Å². The molecule has 0 radical (unpaired) electrons. The van der Waals surface area contributed by atoms with Gasteiger partial charge in [0.2, 0.25) is 0 Å². The smallest absolute Gasteiger partial charge is 0.0722 e. The zero-order chi connectivity index (χ0) is 11.3. The van der Waals surface area contributed by atoms with E-state index in [4.69, 9.17) is 0 Å². The molecular weight excluding hydrogens is 212 g/mol. The fourth-order valence-corrected chi connectivity index (χ4v) is 5.89. The Morgan fingerprint density at radius 2 is 1.67 bits per heavy atom. The van der Waals surface area contributed by atoms with Crippen LogP contribution in [0.1, 0.15) is 6.42 Å². The highest BCUT2D eigenvalue weighted by molar-refractivity contribution is 6.89. The summed E-state index contributed by atoms with van der Waals surface area (Å²) in [5.74, 6) is 0. The van der Waals surface area contributed by atoms with E-state index in [-0.39, 0.29) is 8.80 Å². The van der Waals surface area contributed by atoms with Crippen LogP contribution >= 0.6 is 0 Å². The molecule has 0 aliphatic heterocycles. The van der Waals surface area contributed by atoms with Crippen molar-refractivity contribution in [3.05, 3.63) is 30.3 Å². The number of hydrogen-bond acceptors (Lipinski definition) is 0. The van der Waals surface area contributed by atoms with Gasteiger partial charge in [-0.05, 0) is 0 Å². The molecule has 0 atom stereocenters. The Morgan fingerprint density at radius 1 is 1.07 bits per heavy atom. The summed E-state index contributed by atoms with van der Waals surface area (Å²) in [4.78, 5) is 0. The Balaban J connectivity index is 2.52. The van der Waals surface area contributed by atoms with Gasteiger partial charge < -0.3 is 0 Å². The maximum absolute atomic E-state index is 2.50. The minimum absolute atomic E-state index is 0.332. The number of hydrogen-bond donors (Lipinski definition) is 0. The van der Waals surface area contributed by atoms with Gasteiger partial charge >= 0.3 is 0 Å². The molecule has 1 rings (SSSR count). The van der Waals surface area contributed by atoms with Crippen molar-refractivity contribution in [2.45, 2.75) is 44.7 Å². The predicted molar refractivity (Wildman–Crippen MR) is 76.7 cm³/mol. The van der Waals surface area contributed by atoms with E-state index >= 15 is 0 Å². The van der Waals surface area contributed by atoms with Gasteiger partial charge in [0, 0.05) is 8.80 Å². The first kappa shape index (κ1) is 12.7. The molecule has 1 aromatic rings. The summed E-state index contributed by atoms with van der Waals surface area (Å²) < 4.78 is 0. The highest BCUT2D eigenvalue weighted by Gasteiger charge is 2.22. The van der Waals surface area contributed by atoms with Crippen molar-refractivity contribution in [1.82, 2.24) is 0 Å². The van der Waals surface area contributed by atoms with E-state index in [0.717, 1.165) is 0 Å². The SMILES string of the molecule is C[SiH](C)CCC[Si](C)(C)c1ccccc1. The Hall–Kier alpha value is -0.346. The maximum atomic E-state index is 2.50. The van der Waals surface area contributed by atoms with Crippen molar-refractivity contribution in [3.63, 3.8) is 0 Å². The molecule has 0 heterocycles. The predicted octanol–water partition coefficient (Wildman–Crippen LogP) is 3.48. The second-order valence-corrected chi connectivity index (χ2v) is 13.7. The molecule has 0 spiro atoms. The van der Waals surface area contributed by atoms with Crippen LogP contribution in [0.15, 0.2) is 30.3 Å². The average molecular weight is 237 g/mol. The third kappa shape index (κ3) is 4.35. The first-order chi connectivity index (χ1) is 7.02. The lowest BCUT2D eigenvalue weighted by Gasteiger charge is -2.23. The molecule has 1 aromatic carbocycles. The van der Waals surface area contributed by atoms with E-state index in [9.17, 15) is 0 Å². The molecule has 0 saturated heterocycles. The fourth-order valence-electron chi connectivity index (χ4n) is 1.99. The molecule has 0 saturated carbocycles. The summed E-state index contributed by atoms with van der Waals surface area (Å²) in [5, 5.41) is 1.62. The molecule has 0 bridgehead atoms. The zero-order valence-corrected chi connectivity index (χ0v) is 12.7. The summed E-state index contributed by atoms with van der Waals surface area (Å²) >= 11 is 0. The quantitative estimate of drug-likeness (QED) is 0.687. The molecule has 0 aliphatic carbocycles. The minimum Gasteiger partial charge on any atom is -0.0722 e. The standard InChI is InChI=1S/C13H24Si2/c1-14(2)11-8-12-15(3,4)13-9-6-5-7-10-13/h5-7,9-10,14H,8,11-12H2,1-4H3. The zero-order valence-electron chi connectivity index (χ0n) is 10.6. The Morgan fingerprint density at radius 3 is 2.20 bits per heavy atom. The lowest BCUT2D eigenvalue weighted by Crippen LogP contribution is -2.40. The maximum Gasteiger partial charge on any atom is 0.0806 e. The third-order valence-corrected chi connectivity index (χ3v) is 8.20. The molecule has 84 valence electrons. The summed E-state index contributed by atoms with van der Waals surface area (Å²) in [5.41, 5.74) is 0. The van der Waals surface area contributed by atoms with E-state index in [0.29, 0.717) is 0 Å². The van der Waals surface area contributed by atoms with Crippen molar-refractivity contribution >= 4 is 22.1 Å². The van der Waals surface area contributed by atoms with Gasteiger partial charge in [-0.25, -0.2) is 0 Å². The monoisotopic (exact) mass is 236 g/mol. The van der Waals surface area contributed by atoms with Gasteiger partial charge in [0.05, 0.1) is 8.07 Å². The molecule has 0 aromatic heterocycles. The van der Waals surface area contributed by atoms with Crippen LogP contribution in [0, 0.1) is 0 Å². The van der Waals surface area contributed by atoms with Gasteiger partial charge in [0.25, 0.3) is 0 Å². The van der Waals surface area contributed by atoms with Crippen LogP contribution in [-0.4, -0.2) is 16.9 Å². The topological polar surface area (TPSA) is 0 Å². The fraction of sp³-hybridized carbons (Fsp3) is 0.538. The molecule has 0 amide bonds. The molecule has 2 heteroatoms. The highest BCUT2D eigenvalue weighted by atomic mass is 28.3. The normalized spacial score (nSPS) is 12.1. The van der Waals surface area contributed by atoms with Gasteiger partial charge in [0.1, 0.15) is 0 Å².